The SMILES string of the molecule is COC[C@H]1CCCN(S(=O)(=O)N2CCC[C@H]2c2ccco2)C1. The van der Waals surface area contributed by atoms with Crippen LogP contribution in [0.5, 0.6) is 0 Å². The van der Waals surface area contributed by atoms with Crippen LogP contribution in [0.15, 0.2) is 22.8 Å². The fourth-order valence-electron chi connectivity index (χ4n) is 3.54. The lowest BCUT2D eigenvalue weighted by atomic mass is 10.0. The predicted molar refractivity (Wildman–Crippen MR) is 82.5 cm³/mol. The molecular formula is C15H24N2O4S. The molecule has 0 amide bonds. The number of furan rings is 1. The zero-order valence-corrected chi connectivity index (χ0v) is 13.8. The Morgan fingerprint density at radius 3 is 2.86 bits per heavy atom. The Labute approximate surface area is 132 Å². The number of rotatable bonds is 5. The minimum atomic E-state index is -3.44. The average Bonchev–Trinajstić information content (AvgIpc) is 3.19. The summed E-state index contributed by atoms with van der Waals surface area (Å²) in [5.41, 5.74) is 0. The summed E-state index contributed by atoms with van der Waals surface area (Å²) >= 11 is 0. The van der Waals surface area contributed by atoms with Crippen LogP contribution >= 0.6 is 0 Å². The molecule has 0 unspecified atom stereocenters. The molecule has 7 heteroatoms. The van der Waals surface area contributed by atoms with Gasteiger partial charge in [-0.1, -0.05) is 0 Å². The van der Waals surface area contributed by atoms with E-state index in [1.165, 1.54) is 0 Å². The van der Waals surface area contributed by atoms with Gasteiger partial charge in [0.1, 0.15) is 5.76 Å². The first-order valence-electron chi connectivity index (χ1n) is 7.92. The Bertz CT molecular complexity index is 570. The van der Waals surface area contributed by atoms with Crippen LogP contribution in [0, 0.1) is 5.92 Å². The summed E-state index contributed by atoms with van der Waals surface area (Å²) in [5.74, 6) is 1.03. The summed E-state index contributed by atoms with van der Waals surface area (Å²) in [7, 11) is -1.77. The van der Waals surface area contributed by atoms with Crippen molar-refractivity contribution in [3.8, 4) is 0 Å². The van der Waals surface area contributed by atoms with Gasteiger partial charge in [-0.2, -0.15) is 17.0 Å². The van der Waals surface area contributed by atoms with Crippen LogP contribution in [0.2, 0.25) is 0 Å². The molecule has 0 aliphatic carbocycles. The molecule has 0 spiro atoms. The highest BCUT2D eigenvalue weighted by atomic mass is 32.2. The number of methoxy groups -OCH3 is 1. The maximum absolute atomic E-state index is 13.0. The largest absolute Gasteiger partial charge is 0.468 e. The van der Waals surface area contributed by atoms with Gasteiger partial charge in [0.25, 0.3) is 10.2 Å². The number of piperidine rings is 1. The van der Waals surface area contributed by atoms with E-state index in [1.807, 2.05) is 12.1 Å². The van der Waals surface area contributed by atoms with Gasteiger partial charge in [-0.3, -0.25) is 0 Å². The fourth-order valence-corrected chi connectivity index (χ4v) is 5.48. The van der Waals surface area contributed by atoms with Crippen molar-refractivity contribution >= 4 is 10.2 Å². The van der Waals surface area contributed by atoms with E-state index in [4.69, 9.17) is 9.15 Å². The Morgan fingerprint density at radius 1 is 1.32 bits per heavy atom. The molecule has 3 rings (SSSR count). The van der Waals surface area contributed by atoms with Gasteiger partial charge in [0.15, 0.2) is 0 Å². The molecule has 2 aliphatic heterocycles. The van der Waals surface area contributed by atoms with Crippen LogP contribution in [0.1, 0.15) is 37.5 Å². The molecule has 6 nitrogen and oxygen atoms in total. The summed E-state index contributed by atoms with van der Waals surface area (Å²) < 4.78 is 39.9. The molecule has 3 heterocycles. The van der Waals surface area contributed by atoms with Crippen molar-refractivity contribution in [3.63, 3.8) is 0 Å². The van der Waals surface area contributed by atoms with Gasteiger partial charge in [0.2, 0.25) is 0 Å². The van der Waals surface area contributed by atoms with E-state index in [0.717, 1.165) is 31.4 Å². The van der Waals surface area contributed by atoms with Crippen LogP contribution in [0.4, 0.5) is 0 Å². The molecule has 0 N–H and O–H groups in total. The Hall–Kier alpha value is -0.890. The van der Waals surface area contributed by atoms with Crippen LogP contribution in [0.3, 0.4) is 0 Å². The third kappa shape index (κ3) is 3.08. The molecule has 2 fully saturated rings. The molecule has 2 saturated heterocycles. The van der Waals surface area contributed by atoms with Crippen LogP contribution in [-0.4, -0.2) is 50.4 Å². The topological polar surface area (TPSA) is 63.0 Å². The van der Waals surface area contributed by atoms with Gasteiger partial charge in [0, 0.05) is 26.7 Å². The van der Waals surface area contributed by atoms with Crippen molar-refractivity contribution in [2.24, 2.45) is 5.92 Å². The smallest absolute Gasteiger partial charge is 0.282 e. The third-order valence-electron chi connectivity index (χ3n) is 4.58. The van der Waals surface area contributed by atoms with E-state index in [1.54, 1.807) is 22.0 Å². The molecular weight excluding hydrogens is 304 g/mol. The molecule has 0 aromatic carbocycles. The highest BCUT2D eigenvalue weighted by Gasteiger charge is 2.41. The molecule has 2 atom stereocenters. The lowest BCUT2D eigenvalue weighted by Gasteiger charge is -2.35. The second-order valence-electron chi connectivity index (χ2n) is 6.11. The highest BCUT2D eigenvalue weighted by molar-refractivity contribution is 7.86. The van der Waals surface area contributed by atoms with Crippen molar-refractivity contribution in [3.05, 3.63) is 24.2 Å². The van der Waals surface area contributed by atoms with Crippen molar-refractivity contribution in [1.82, 2.24) is 8.61 Å². The molecule has 22 heavy (non-hydrogen) atoms. The van der Waals surface area contributed by atoms with E-state index in [9.17, 15) is 8.42 Å². The normalized spacial score (nSPS) is 28.2. The van der Waals surface area contributed by atoms with E-state index in [2.05, 4.69) is 0 Å². The monoisotopic (exact) mass is 328 g/mol. The second-order valence-corrected chi connectivity index (χ2v) is 7.99. The Balaban J connectivity index is 1.77. The number of nitrogens with zero attached hydrogens (tertiary/aromatic N) is 2. The van der Waals surface area contributed by atoms with Crippen molar-refractivity contribution < 1.29 is 17.6 Å². The molecule has 1 aromatic heterocycles. The first kappa shape index (κ1) is 16.0. The summed E-state index contributed by atoms with van der Waals surface area (Å²) in [6.45, 7) is 2.34. The lowest BCUT2D eigenvalue weighted by molar-refractivity contribution is 0.116. The molecule has 2 aliphatic rings. The molecule has 1 aromatic rings. The first-order chi connectivity index (χ1) is 10.6. The summed E-state index contributed by atoms with van der Waals surface area (Å²) in [6.07, 6.45) is 5.23. The minimum absolute atomic E-state index is 0.164. The van der Waals surface area contributed by atoms with Gasteiger partial charge in [-0.15, -0.1) is 0 Å². The predicted octanol–water partition coefficient (Wildman–Crippen LogP) is 2.02. The Kier molecular flexibility index (Phi) is 4.87. The van der Waals surface area contributed by atoms with Gasteiger partial charge >= 0.3 is 0 Å². The van der Waals surface area contributed by atoms with Crippen LogP contribution in [-0.2, 0) is 14.9 Å². The van der Waals surface area contributed by atoms with Gasteiger partial charge in [-0.25, -0.2) is 0 Å². The van der Waals surface area contributed by atoms with Crippen molar-refractivity contribution in [2.45, 2.75) is 31.7 Å². The molecule has 0 saturated carbocycles. The van der Waals surface area contributed by atoms with Crippen LogP contribution in [0.25, 0.3) is 0 Å². The Morgan fingerprint density at radius 2 is 2.14 bits per heavy atom. The van der Waals surface area contributed by atoms with Gasteiger partial charge in [-0.05, 0) is 43.7 Å². The average molecular weight is 328 g/mol. The zero-order valence-electron chi connectivity index (χ0n) is 13.0. The minimum Gasteiger partial charge on any atom is -0.468 e. The van der Waals surface area contributed by atoms with E-state index in [0.29, 0.717) is 26.2 Å². The zero-order chi connectivity index (χ0) is 15.6. The molecule has 0 radical (unpaired) electrons. The molecule has 0 bridgehead atoms. The quantitative estimate of drug-likeness (QED) is 0.829. The summed E-state index contributed by atoms with van der Waals surface area (Å²) in [5, 5.41) is 0. The standard InChI is InChI=1S/C15H24N2O4S/c1-20-12-13-5-2-8-16(11-13)22(18,19)17-9-3-6-14(17)15-7-4-10-21-15/h4,7,10,13-14H,2-3,5-6,8-9,11-12H2,1H3/t13-,14-/m0/s1. The third-order valence-corrected chi connectivity index (χ3v) is 6.60. The van der Waals surface area contributed by atoms with E-state index >= 15 is 0 Å². The van der Waals surface area contributed by atoms with Gasteiger partial charge in [0.05, 0.1) is 18.9 Å². The van der Waals surface area contributed by atoms with E-state index < -0.39 is 10.2 Å². The van der Waals surface area contributed by atoms with Crippen molar-refractivity contribution in [2.75, 3.05) is 33.4 Å². The first-order valence-corrected chi connectivity index (χ1v) is 9.32. The number of ether oxygens (including phenoxy) is 1. The van der Waals surface area contributed by atoms with Crippen molar-refractivity contribution in [1.29, 1.82) is 0 Å². The second kappa shape index (κ2) is 6.70. The number of hydrogen-bond donors (Lipinski definition) is 0. The van der Waals surface area contributed by atoms with E-state index in [-0.39, 0.29) is 12.0 Å². The lowest BCUT2D eigenvalue weighted by Crippen LogP contribution is -2.48. The van der Waals surface area contributed by atoms with Crippen LogP contribution < -0.4 is 0 Å². The van der Waals surface area contributed by atoms with Gasteiger partial charge < -0.3 is 9.15 Å². The number of hydrogen-bond acceptors (Lipinski definition) is 4. The molecule has 124 valence electrons. The fraction of sp³-hybridized carbons (Fsp3) is 0.733. The summed E-state index contributed by atoms with van der Waals surface area (Å²) in [6, 6.07) is 3.51. The maximum atomic E-state index is 13.0. The maximum Gasteiger partial charge on any atom is 0.282 e. The highest BCUT2D eigenvalue weighted by Crippen LogP contribution is 2.36. The summed E-state index contributed by atoms with van der Waals surface area (Å²) in [4.78, 5) is 0.